The highest BCUT2D eigenvalue weighted by atomic mass is 35.5. The van der Waals surface area contributed by atoms with Gasteiger partial charge >= 0.3 is 0 Å². The molecule has 0 aliphatic carbocycles. The van der Waals surface area contributed by atoms with E-state index in [0.29, 0.717) is 24.9 Å². The van der Waals surface area contributed by atoms with Crippen LogP contribution in [0.25, 0.3) is 4.96 Å². The third-order valence-electron chi connectivity index (χ3n) is 2.62. The van der Waals surface area contributed by atoms with E-state index in [2.05, 4.69) is 15.3 Å². The van der Waals surface area contributed by atoms with Gasteiger partial charge in [-0.2, -0.15) is 9.61 Å². The van der Waals surface area contributed by atoms with Gasteiger partial charge in [0.1, 0.15) is 6.20 Å². The summed E-state index contributed by atoms with van der Waals surface area (Å²) in [6, 6.07) is 4.72. The number of benzene rings is 1. The summed E-state index contributed by atoms with van der Waals surface area (Å²) in [5.74, 6) is -0.00653. The molecule has 0 spiro atoms. The lowest BCUT2D eigenvalue weighted by molar-refractivity contribution is 0.102. The standard InChI is InChI=1S/C12H6Cl2N4O2S2/c13-6-1-2-7(8(14)3-6)9(19)5-21-12-17-18-10(20)4-15-16-11(18)22-12/h1-4H,5H2. The van der Waals surface area contributed by atoms with Crippen LogP contribution < -0.4 is 5.56 Å². The van der Waals surface area contributed by atoms with Crippen molar-refractivity contribution in [2.24, 2.45) is 0 Å². The molecule has 1 aromatic carbocycles. The van der Waals surface area contributed by atoms with Crippen molar-refractivity contribution in [3.63, 3.8) is 0 Å². The summed E-state index contributed by atoms with van der Waals surface area (Å²) < 4.78 is 1.70. The Hall–Kier alpha value is -1.48. The van der Waals surface area contributed by atoms with Crippen molar-refractivity contribution >= 4 is 57.0 Å². The lowest BCUT2D eigenvalue weighted by Crippen LogP contribution is -2.14. The normalized spacial score (nSPS) is 11.0. The van der Waals surface area contributed by atoms with Crippen molar-refractivity contribution in [2.75, 3.05) is 5.75 Å². The highest BCUT2D eigenvalue weighted by Gasteiger charge is 2.14. The quantitative estimate of drug-likeness (QED) is 0.517. The molecule has 0 saturated carbocycles. The number of nitrogens with zero attached hydrogens (tertiary/aromatic N) is 4. The van der Waals surface area contributed by atoms with Gasteiger partial charge in [-0.1, -0.05) is 46.3 Å². The summed E-state index contributed by atoms with van der Waals surface area (Å²) in [5.41, 5.74) is 0.0387. The molecule has 6 nitrogen and oxygen atoms in total. The molecule has 0 saturated heterocycles. The number of halogens is 2. The zero-order valence-corrected chi connectivity index (χ0v) is 13.8. The van der Waals surface area contributed by atoms with E-state index in [1.54, 1.807) is 12.1 Å². The lowest BCUT2D eigenvalue weighted by Gasteiger charge is -2.02. The number of carbonyl (C=O) groups excluding carboxylic acids is 1. The minimum Gasteiger partial charge on any atom is -0.293 e. The first-order valence-electron chi connectivity index (χ1n) is 5.87. The van der Waals surface area contributed by atoms with Crippen LogP contribution in [0, 0.1) is 0 Å². The first-order valence-corrected chi connectivity index (χ1v) is 8.43. The van der Waals surface area contributed by atoms with Crippen LogP contribution in [-0.2, 0) is 0 Å². The number of Topliss-reactive ketones (excluding diaryl/α,β-unsaturated/α-hetero) is 1. The highest BCUT2D eigenvalue weighted by molar-refractivity contribution is 8.01. The van der Waals surface area contributed by atoms with Crippen LogP contribution in [0.15, 0.2) is 33.5 Å². The maximum Gasteiger partial charge on any atom is 0.293 e. The summed E-state index contributed by atoms with van der Waals surface area (Å²) in [7, 11) is 0. The summed E-state index contributed by atoms with van der Waals surface area (Å²) in [5, 5.41) is 12.2. The van der Waals surface area contributed by atoms with Gasteiger partial charge < -0.3 is 0 Å². The summed E-state index contributed by atoms with van der Waals surface area (Å²) in [4.78, 5) is 24.1. The van der Waals surface area contributed by atoms with Crippen LogP contribution >= 0.6 is 46.3 Å². The number of fused-ring (bicyclic) bond motifs is 1. The molecule has 0 bridgehead atoms. The number of hydrogen-bond acceptors (Lipinski definition) is 7. The van der Waals surface area contributed by atoms with Gasteiger partial charge in [-0.3, -0.25) is 9.59 Å². The van der Waals surface area contributed by atoms with Crippen LogP contribution in [0.1, 0.15) is 10.4 Å². The van der Waals surface area contributed by atoms with Gasteiger partial charge in [0.15, 0.2) is 10.1 Å². The van der Waals surface area contributed by atoms with Crippen LogP contribution in [0.5, 0.6) is 0 Å². The molecule has 0 aliphatic rings. The van der Waals surface area contributed by atoms with Gasteiger partial charge in [0.25, 0.3) is 5.56 Å². The number of carbonyl (C=O) groups is 1. The number of aromatic nitrogens is 4. The van der Waals surface area contributed by atoms with E-state index < -0.39 is 0 Å². The van der Waals surface area contributed by atoms with Crippen molar-refractivity contribution in [1.82, 2.24) is 19.8 Å². The molecule has 2 heterocycles. The Bertz CT molecular complexity index is 925. The Labute approximate surface area is 142 Å². The molecule has 3 aromatic rings. The molecular weight excluding hydrogens is 367 g/mol. The minimum atomic E-state index is -0.361. The van der Waals surface area contributed by atoms with Gasteiger partial charge in [0.05, 0.1) is 10.8 Å². The van der Waals surface area contributed by atoms with E-state index in [-0.39, 0.29) is 17.1 Å². The molecule has 0 fully saturated rings. The zero-order chi connectivity index (χ0) is 15.7. The van der Waals surface area contributed by atoms with Crippen LogP contribution in [0.3, 0.4) is 0 Å². The topological polar surface area (TPSA) is 77.2 Å². The largest absolute Gasteiger partial charge is 0.293 e. The predicted molar refractivity (Wildman–Crippen MR) is 86.4 cm³/mol. The number of hydrogen-bond donors (Lipinski definition) is 0. The smallest absolute Gasteiger partial charge is 0.293 e. The van der Waals surface area contributed by atoms with E-state index in [1.807, 2.05) is 0 Å². The summed E-state index contributed by atoms with van der Waals surface area (Å²) >= 11 is 14.2. The second-order valence-corrected chi connectivity index (χ2v) is 7.10. The van der Waals surface area contributed by atoms with Crippen molar-refractivity contribution in [1.29, 1.82) is 0 Å². The van der Waals surface area contributed by atoms with E-state index in [0.717, 1.165) is 10.7 Å². The van der Waals surface area contributed by atoms with Gasteiger partial charge in [-0.25, -0.2) is 0 Å². The van der Waals surface area contributed by atoms with Crippen molar-refractivity contribution in [2.45, 2.75) is 4.34 Å². The van der Waals surface area contributed by atoms with Crippen LogP contribution in [0.2, 0.25) is 10.0 Å². The maximum absolute atomic E-state index is 12.2. The molecule has 0 amide bonds. The van der Waals surface area contributed by atoms with E-state index in [4.69, 9.17) is 23.2 Å². The molecule has 0 aliphatic heterocycles. The molecule has 22 heavy (non-hydrogen) atoms. The maximum atomic E-state index is 12.2. The fourth-order valence-corrected chi connectivity index (χ4v) is 3.92. The SMILES string of the molecule is O=C(CSc1nn2c(=O)cnnc2s1)c1ccc(Cl)cc1Cl. The minimum absolute atomic E-state index is 0.142. The average molecular weight is 373 g/mol. The summed E-state index contributed by atoms with van der Waals surface area (Å²) in [6.07, 6.45) is 1.08. The lowest BCUT2D eigenvalue weighted by atomic mass is 10.1. The molecule has 0 radical (unpaired) electrons. The third-order valence-corrected chi connectivity index (χ3v) is 5.20. The molecule has 0 unspecified atom stereocenters. The number of rotatable bonds is 4. The third kappa shape index (κ3) is 3.14. The Balaban J connectivity index is 1.77. The first kappa shape index (κ1) is 15.4. The van der Waals surface area contributed by atoms with Gasteiger partial charge in [0, 0.05) is 10.6 Å². The van der Waals surface area contributed by atoms with Crippen LogP contribution in [-0.4, -0.2) is 31.3 Å². The van der Waals surface area contributed by atoms with Crippen molar-refractivity contribution < 1.29 is 4.79 Å². The van der Waals surface area contributed by atoms with Gasteiger partial charge in [-0.15, -0.1) is 10.2 Å². The summed E-state index contributed by atoms with van der Waals surface area (Å²) in [6.45, 7) is 0. The molecule has 0 N–H and O–H groups in total. The Morgan fingerprint density at radius 2 is 2.18 bits per heavy atom. The fourth-order valence-electron chi connectivity index (χ4n) is 1.63. The van der Waals surface area contributed by atoms with E-state index >= 15 is 0 Å². The molecule has 2 aromatic heterocycles. The van der Waals surface area contributed by atoms with Gasteiger partial charge in [-0.05, 0) is 18.2 Å². The van der Waals surface area contributed by atoms with E-state index in [9.17, 15) is 9.59 Å². The monoisotopic (exact) mass is 372 g/mol. The molecule has 3 rings (SSSR count). The average Bonchev–Trinajstić information content (AvgIpc) is 2.89. The Kier molecular flexibility index (Phi) is 4.44. The highest BCUT2D eigenvalue weighted by Crippen LogP contribution is 2.26. The second-order valence-electron chi connectivity index (χ2n) is 4.08. The molecule has 0 atom stereocenters. The predicted octanol–water partition coefficient (Wildman–Crippen LogP) is 2.83. The fraction of sp³-hybridized carbons (Fsp3) is 0.0833. The molecule has 112 valence electrons. The first-order chi connectivity index (χ1) is 10.5. The van der Waals surface area contributed by atoms with Crippen molar-refractivity contribution in [3.8, 4) is 0 Å². The van der Waals surface area contributed by atoms with Crippen LogP contribution in [0.4, 0.5) is 0 Å². The molecule has 10 heteroatoms. The molecular formula is C12H6Cl2N4O2S2. The van der Waals surface area contributed by atoms with E-state index in [1.165, 1.54) is 29.2 Å². The van der Waals surface area contributed by atoms with Gasteiger partial charge in [0.2, 0.25) is 4.96 Å². The number of ketones is 1. The Morgan fingerprint density at radius 1 is 1.36 bits per heavy atom. The number of thioether (sulfide) groups is 1. The Morgan fingerprint density at radius 3 is 2.91 bits per heavy atom. The second kappa shape index (κ2) is 6.33. The van der Waals surface area contributed by atoms with Crippen molar-refractivity contribution in [3.05, 3.63) is 50.4 Å². The zero-order valence-electron chi connectivity index (χ0n) is 10.7.